The molecule has 1 heterocycles. The maximum Gasteiger partial charge on any atom is 0.435 e. The highest BCUT2D eigenvalue weighted by Gasteiger charge is 2.39. The highest BCUT2D eigenvalue weighted by Crippen LogP contribution is 2.35. The molecule has 0 atom stereocenters. The van der Waals surface area contributed by atoms with E-state index in [4.69, 9.17) is 4.74 Å². The van der Waals surface area contributed by atoms with Crippen molar-refractivity contribution < 1.29 is 22.7 Å². The molecule has 3 rings (SSSR count). The minimum Gasteiger partial charge on any atom is -0.446 e. The molecular formula is C28H34F3N3O2. The van der Waals surface area contributed by atoms with Crippen molar-refractivity contribution in [3.8, 4) is 11.4 Å². The fourth-order valence-electron chi connectivity index (χ4n) is 4.16. The third-order valence-electron chi connectivity index (χ3n) is 5.85. The van der Waals surface area contributed by atoms with Crippen molar-refractivity contribution in [2.45, 2.75) is 59.8 Å². The number of unbranched alkanes of at least 4 members (excludes halogenated alkanes) is 1. The summed E-state index contributed by atoms with van der Waals surface area (Å²) in [6.07, 6.45) is -3.07. The molecule has 0 radical (unpaired) electrons. The van der Waals surface area contributed by atoms with Gasteiger partial charge < -0.3 is 9.30 Å². The minimum absolute atomic E-state index is 0.0440. The van der Waals surface area contributed by atoms with E-state index in [1.54, 1.807) is 45.9 Å². The number of imidazole rings is 1. The Morgan fingerprint density at radius 3 is 2.36 bits per heavy atom. The van der Waals surface area contributed by atoms with Crippen LogP contribution >= 0.6 is 0 Å². The highest BCUT2D eigenvalue weighted by molar-refractivity contribution is 5.90. The third kappa shape index (κ3) is 6.97. The van der Waals surface area contributed by atoms with E-state index in [0.29, 0.717) is 36.5 Å². The summed E-state index contributed by atoms with van der Waals surface area (Å²) in [6, 6.07) is 16.0. The number of benzene rings is 2. The highest BCUT2D eigenvalue weighted by atomic mass is 19.4. The smallest absolute Gasteiger partial charge is 0.435 e. The summed E-state index contributed by atoms with van der Waals surface area (Å²) in [4.78, 5) is 18.5. The summed E-state index contributed by atoms with van der Waals surface area (Å²) < 4.78 is 49.8. The van der Waals surface area contributed by atoms with Gasteiger partial charge in [-0.3, -0.25) is 4.90 Å². The SMILES string of the molecule is CCCCn1c(-c2ccccc2)nc(C(F)(F)F)c1CN(COC(=O)c1ccccc1C)CC(C)C. The van der Waals surface area contributed by atoms with Gasteiger partial charge in [-0.2, -0.15) is 13.2 Å². The van der Waals surface area contributed by atoms with E-state index in [-0.39, 0.29) is 24.9 Å². The van der Waals surface area contributed by atoms with Crippen LogP contribution in [0.1, 0.15) is 60.9 Å². The van der Waals surface area contributed by atoms with Gasteiger partial charge >= 0.3 is 12.1 Å². The molecule has 2 aromatic carbocycles. The van der Waals surface area contributed by atoms with E-state index in [1.165, 1.54) is 0 Å². The maximum atomic E-state index is 14.2. The van der Waals surface area contributed by atoms with Crippen LogP contribution in [0.4, 0.5) is 13.2 Å². The van der Waals surface area contributed by atoms with Crippen molar-refractivity contribution in [3.05, 3.63) is 77.1 Å². The Hall–Kier alpha value is -3.13. The molecule has 5 nitrogen and oxygen atoms in total. The number of aromatic nitrogens is 2. The lowest BCUT2D eigenvalue weighted by Gasteiger charge is -2.25. The number of rotatable bonds is 11. The van der Waals surface area contributed by atoms with E-state index in [1.807, 2.05) is 45.9 Å². The van der Waals surface area contributed by atoms with E-state index in [0.717, 1.165) is 12.0 Å². The summed E-state index contributed by atoms with van der Waals surface area (Å²) in [7, 11) is 0. The standard InChI is InChI=1S/C28H34F3N3O2/c1-5-6-16-34-24(25(28(29,30)31)32-26(34)22-13-8-7-9-14-22)18-33(17-20(2)3)19-36-27(35)23-15-11-10-12-21(23)4/h7-15,20H,5-6,16-19H2,1-4H3. The number of carbonyl (C=O) groups excluding carboxylic acids is 1. The summed E-state index contributed by atoms with van der Waals surface area (Å²) in [6.45, 7) is 8.47. The number of carbonyl (C=O) groups is 1. The molecule has 0 saturated heterocycles. The molecule has 0 fully saturated rings. The van der Waals surface area contributed by atoms with Gasteiger partial charge in [-0.25, -0.2) is 9.78 Å². The zero-order valence-corrected chi connectivity index (χ0v) is 21.3. The van der Waals surface area contributed by atoms with Gasteiger partial charge in [-0.1, -0.05) is 75.7 Å². The van der Waals surface area contributed by atoms with Gasteiger partial charge in [0.05, 0.1) is 11.3 Å². The number of alkyl halides is 3. The third-order valence-corrected chi connectivity index (χ3v) is 5.85. The Morgan fingerprint density at radius 2 is 1.75 bits per heavy atom. The Kier molecular flexibility index (Phi) is 9.31. The summed E-state index contributed by atoms with van der Waals surface area (Å²) >= 11 is 0. The Labute approximate surface area is 210 Å². The zero-order valence-electron chi connectivity index (χ0n) is 21.3. The van der Waals surface area contributed by atoms with E-state index in [2.05, 4.69) is 4.98 Å². The lowest BCUT2D eigenvalue weighted by Crippen LogP contribution is -2.33. The van der Waals surface area contributed by atoms with Crippen LogP contribution in [-0.4, -0.2) is 33.7 Å². The number of hydrogen-bond donors (Lipinski definition) is 0. The Balaban J connectivity index is 1.97. The minimum atomic E-state index is -4.61. The van der Waals surface area contributed by atoms with Crippen molar-refractivity contribution >= 4 is 5.97 Å². The van der Waals surface area contributed by atoms with Gasteiger partial charge in [-0.05, 0) is 30.9 Å². The molecule has 0 bridgehead atoms. The molecule has 36 heavy (non-hydrogen) atoms. The van der Waals surface area contributed by atoms with Crippen LogP contribution in [0.5, 0.6) is 0 Å². The quantitative estimate of drug-likeness (QED) is 0.211. The number of ether oxygens (including phenoxy) is 1. The fraction of sp³-hybridized carbons (Fsp3) is 0.429. The van der Waals surface area contributed by atoms with Crippen molar-refractivity contribution in [1.29, 1.82) is 0 Å². The first-order valence-electron chi connectivity index (χ1n) is 12.3. The molecule has 0 N–H and O–H groups in total. The summed E-state index contributed by atoms with van der Waals surface area (Å²) in [5.74, 6) is -0.0488. The average Bonchev–Trinajstić information content (AvgIpc) is 3.20. The fourth-order valence-corrected chi connectivity index (χ4v) is 4.16. The molecule has 194 valence electrons. The van der Waals surface area contributed by atoms with E-state index < -0.39 is 17.8 Å². The Morgan fingerprint density at radius 1 is 1.08 bits per heavy atom. The maximum absolute atomic E-state index is 14.2. The van der Waals surface area contributed by atoms with Crippen molar-refractivity contribution in [1.82, 2.24) is 14.5 Å². The first-order chi connectivity index (χ1) is 17.1. The van der Waals surface area contributed by atoms with Gasteiger partial charge in [0, 0.05) is 25.2 Å². The van der Waals surface area contributed by atoms with Gasteiger partial charge in [0.1, 0.15) is 12.6 Å². The van der Waals surface area contributed by atoms with Crippen molar-refractivity contribution in [2.24, 2.45) is 5.92 Å². The molecule has 0 saturated carbocycles. The molecule has 0 unspecified atom stereocenters. The molecule has 3 aromatic rings. The largest absolute Gasteiger partial charge is 0.446 e. The number of hydrogen-bond acceptors (Lipinski definition) is 4. The zero-order chi connectivity index (χ0) is 26.3. The number of esters is 1. The first-order valence-corrected chi connectivity index (χ1v) is 12.3. The second-order valence-electron chi connectivity index (χ2n) is 9.38. The second-order valence-corrected chi connectivity index (χ2v) is 9.38. The number of halogens is 3. The molecule has 0 aliphatic carbocycles. The van der Waals surface area contributed by atoms with Crippen LogP contribution < -0.4 is 0 Å². The van der Waals surface area contributed by atoms with Crippen LogP contribution in [0.3, 0.4) is 0 Å². The molecule has 0 spiro atoms. The predicted molar refractivity (Wildman–Crippen MR) is 134 cm³/mol. The molecule has 0 amide bonds. The topological polar surface area (TPSA) is 47.4 Å². The van der Waals surface area contributed by atoms with Gasteiger partial charge in [0.2, 0.25) is 0 Å². The van der Waals surface area contributed by atoms with Crippen molar-refractivity contribution in [2.75, 3.05) is 13.3 Å². The first kappa shape index (κ1) is 27.5. The summed E-state index contributed by atoms with van der Waals surface area (Å²) in [5, 5.41) is 0. The number of nitrogens with zero attached hydrogens (tertiary/aromatic N) is 3. The number of aryl methyl sites for hydroxylation is 1. The van der Waals surface area contributed by atoms with E-state index in [9.17, 15) is 18.0 Å². The van der Waals surface area contributed by atoms with Crippen LogP contribution in [0.15, 0.2) is 54.6 Å². The predicted octanol–water partition coefficient (Wildman–Crippen LogP) is 6.95. The lowest BCUT2D eigenvalue weighted by molar-refractivity contribution is -0.142. The normalized spacial score (nSPS) is 11.9. The van der Waals surface area contributed by atoms with Crippen LogP contribution in [0.2, 0.25) is 0 Å². The monoisotopic (exact) mass is 501 g/mol. The summed E-state index contributed by atoms with van der Waals surface area (Å²) in [5.41, 5.74) is 1.05. The van der Waals surface area contributed by atoms with Gasteiger partial charge in [0.25, 0.3) is 0 Å². The molecule has 1 aromatic heterocycles. The van der Waals surface area contributed by atoms with Gasteiger partial charge in [0.15, 0.2) is 5.69 Å². The van der Waals surface area contributed by atoms with Crippen LogP contribution in [0, 0.1) is 12.8 Å². The molecule has 8 heteroatoms. The van der Waals surface area contributed by atoms with Crippen LogP contribution in [-0.2, 0) is 24.0 Å². The second kappa shape index (κ2) is 12.2. The average molecular weight is 502 g/mol. The molecule has 0 aliphatic heterocycles. The van der Waals surface area contributed by atoms with Gasteiger partial charge in [-0.15, -0.1) is 0 Å². The van der Waals surface area contributed by atoms with E-state index >= 15 is 0 Å². The Bertz CT molecular complexity index is 1140. The lowest BCUT2D eigenvalue weighted by atomic mass is 10.1. The van der Waals surface area contributed by atoms with Crippen LogP contribution in [0.25, 0.3) is 11.4 Å². The molecule has 0 aliphatic rings. The molecular weight excluding hydrogens is 467 g/mol. The van der Waals surface area contributed by atoms with Crippen molar-refractivity contribution in [3.63, 3.8) is 0 Å².